The molecule has 0 bridgehead atoms. The van der Waals surface area contributed by atoms with E-state index in [4.69, 9.17) is 0 Å². The summed E-state index contributed by atoms with van der Waals surface area (Å²) in [5.74, 6) is 0. The Morgan fingerprint density at radius 1 is 0.333 bits per heavy atom. The van der Waals surface area contributed by atoms with Crippen molar-refractivity contribution in [3.63, 3.8) is 0 Å². The van der Waals surface area contributed by atoms with Gasteiger partial charge in [-0.1, -0.05) is 166 Å². The molecule has 0 fully saturated rings. The minimum Gasteiger partial charge on any atom is -0.0622 e. The van der Waals surface area contributed by atoms with Crippen LogP contribution in [0.2, 0.25) is 0 Å². The van der Waals surface area contributed by atoms with Gasteiger partial charge in [0.25, 0.3) is 0 Å². The van der Waals surface area contributed by atoms with Crippen LogP contribution in [0.5, 0.6) is 0 Å². The van der Waals surface area contributed by atoms with E-state index in [1.807, 2.05) is 0 Å². The van der Waals surface area contributed by atoms with Gasteiger partial charge in [0.2, 0.25) is 0 Å². The van der Waals surface area contributed by atoms with E-state index in [1.54, 1.807) is 0 Å². The van der Waals surface area contributed by atoms with E-state index in [1.165, 1.54) is 88.0 Å². The highest BCUT2D eigenvalue weighted by Crippen LogP contribution is 2.56. The molecular formula is C45H32. The Hall–Kier alpha value is -5.46. The van der Waals surface area contributed by atoms with Crippen molar-refractivity contribution in [2.75, 3.05) is 0 Å². The summed E-state index contributed by atoms with van der Waals surface area (Å²) < 4.78 is 0. The van der Waals surface area contributed by atoms with Gasteiger partial charge in [0.15, 0.2) is 0 Å². The minimum absolute atomic E-state index is 0.0892. The third kappa shape index (κ3) is 3.79. The van der Waals surface area contributed by atoms with Crippen LogP contribution in [0.1, 0.15) is 25.0 Å². The molecule has 0 saturated heterocycles. The van der Waals surface area contributed by atoms with E-state index in [9.17, 15) is 0 Å². The first-order valence-corrected chi connectivity index (χ1v) is 15.9. The van der Waals surface area contributed by atoms with Gasteiger partial charge in [0.05, 0.1) is 0 Å². The smallest absolute Gasteiger partial charge is 0.0159 e. The van der Waals surface area contributed by atoms with Crippen LogP contribution in [0, 0.1) is 0 Å². The monoisotopic (exact) mass is 572 g/mol. The maximum Gasteiger partial charge on any atom is 0.0159 e. The summed E-state index contributed by atoms with van der Waals surface area (Å²) in [7, 11) is 0. The Kier molecular flexibility index (Phi) is 5.64. The molecule has 0 N–H and O–H groups in total. The maximum atomic E-state index is 2.38. The molecule has 0 spiro atoms. The van der Waals surface area contributed by atoms with E-state index in [-0.39, 0.29) is 5.41 Å². The quantitative estimate of drug-likeness (QED) is 0.185. The fraction of sp³-hybridized carbons (Fsp3) is 0.0667. The molecule has 1 aliphatic rings. The molecule has 9 rings (SSSR count). The second-order valence-corrected chi connectivity index (χ2v) is 12.9. The Balaban J connectivity index is 1.39. The lowest BCUT2D eigenvalue weighted by atomic mass is 9.80. The van der Waals surface area contributed by atoms with Crippen molar-refractivity contribution in [1.29, 1.82) is 0 Å². The summed E-state index contributed by atoms with van der Waals surface area (Å²) >= 11 is 0. The summed E-state index contributed by atoms with van der Waals surface area (Å²) in [6.45, 7) is 4.77. The van der Waals surface area contributed by atoms with Gasteiger partial charge in [0, 0.05) is 5.41 Å². The molecule has 0 nitrogen and oxygen atoms in total. The van der Waals surface area contributed by atoms with Crippen LogP contribution < -0.4 is 0 Å². The molecule has 0 amide bonds. The van der Waals surface area contributed by atoms with E-state index < -0.39 is 0 Å². The molecule has 8 aromatic carbocycles. The number of hydrogen-bond donors (Lipinski definition) is 0. The summed E-state index contributed by atoms with van der Waals surface area (Å²) in [5, 5.41) is 7.76. The van der Waals surface area contributed by atoms with Crippen LogP contribution in [-0.2, 0) is 5.41 Å². The van der Waals surface area contributed by atoms with E-state index in [2.05, 4.69) is 172 Å². The maximum absolute atomic E-state index is 2.38. The minimum atomic E-state index is -0.0892. The van der Waals surface area contributed by atoms with Crippen molar-refractivity contribution in [3.05, 3.63) is 169 Å². The Morgan fingerprint density at radius 3 is 1.58 bits per heavy atom. The van der Waals surface area contributed by atoms with Crippen molar-refractivity contribution in [2.45, 2.75) is 19.3 Å². The molecular weight excluding hydrogens is 540 g/mol. The fourth-order valence-electron chi connectivity index (χ4n) is 7.97. The summed E-state index contributed by atoms with van der Waals surface area (Å²) in [6, 6.07) is 58.3. The third-order valence-corrected chi connectivity index (χ3v) is 10.0. The van der Waals surface area contributed by atoms with Gasteiger partial charge in [-0.15, -0.1) is 0 Å². The number of rotatable bonds is 3. The molecule has 0 radical (unpaired) electrons. The number of benzene rings is 8. The molecule has 0 heterocycles. The lowest BCUT2D eigenvalue weighted by Gasteiger charge is -2.22. The Bertz CT molecular complexity index is 2390. The molecule has 0 aliphatic heterocycles. The molecule has 8 aromatic rings. The van der Waals surface area contributed by atoms with Gasteiger partial charge in [-0.05, 0) is 94.0 Å². The van der Waals surface area contributed by atoms with Crippen molar-refractivity contribution < 1.29 is 0 Å². The SMILES string of the molecule is CC1(C)c2cccc(-c3c4ccccc4c(-c4cccc(-c5ccccc5)c4)c4ccccc34)c2-c2c1ccc1ccccc21. The van der Waals surface area contributed by atoms with Crippen LogP contribution in [0.4, 0.5) is 0 Å². The molecule has 212 valence electrons. The van der Waals surface area contributed by atoms with Gasteiger partial charge in [-0.2, -0.15) is 0 Å². The number of fused-ring (bicyclic) bond motifs is 7. The molecule has 0 saturated carbocycles. The fourth-order valence-corrected chi connectivity index (χ4v) is 7.97. The van der Waals surface area contributed by atoms with Crippen molar-refractivity contribution in [2.24, 2.45) is 0 Å². The lowest BCUT2D eigenvalue weighted by Crippen LogP contribution is -2.14. The zero-order valence-electron chi connectivity index (χ0n) is 25.5. The first kappa shape index (κ1) is 26.0. The van der Waals surface area contributed by atoms with Gasteiger partial charge >= 0.3 is 0 Å². The first-order chi connectivity index (χ1) is 22.1. The normalized spacial score (nSPS) is 13.3. The predicted octanol–water partition coefficient (Wildman–Crippen LogP) is 12.5. The van der Waals surface area contributed by atoms with Gasteiger partial charge in [0.1, 0.15) is 0 Å². The summed E-state index contributed by atoms with van der Waals surface area (Å²) in [4.78, 5) is 0. The van der Waals surface area contributed by atoms with Crippen LogP contribution in [0.25, 0.3) is 76.8 Å². The first-order valence-electron chi connectivity index (χ1n) is 15.9. The average molecular weight is 573 g/mol. The molecule has 0 unspecified atom stereocenters. The largest absolute Gasteiger partial charge is 0.0622 e. The molecule has 1 aliphatic carbocycles. The van der Waals surface area contributed by atoms with E-state index >= 15 is 0 Å². The number of hydrogen-bond acceptors (Lipinski definition) is 0. The lowest BCUT2D eigenvalue weighted by molar-refractivity contribution is 0.661. The predicted molar refractivity (Wildman–Crippen MR) is 193 cm³/mol. The van der Waals surface area contributed by atoms with Gasteiger partial charge in [-0.25, -0.2) is 0 Å². The second kappa shape index (κ2) is 9.78. The van der Waals surface area contributed by atoms with Gasteiger partial charge < -0.3 is 0 Å². The highest BCUT2D eigenvalue weighted by molar-refractivity contribution is 6.23. The van der Waals surface area contributed by atoms with E-state index in [0.29, 0.717) is 0 Å². The summed E-state index contributed by atoms with van der Waals surface area (Å²) in [6.07, 6.45) is 0. The molecule has 0 atom stereocenters. The molecule has 0 heteroatoms. The standard InChI is InChI=1S/C45H32/c1-45(2)39-25-13-24-38(44(39)43-33-19-7-6-16-30(33)26-27-40(43)45)42-36-22-10-8-20-34(36)41(35-21-9-11-23-37(35)42)32-18-12-17-31(28-32)29-14-4-3-5-15-29/h3-28H,1-2H3. The molecule has 0 aromatic heterocycles. The van der Waals surface area contributed by atoms with Crippen LogP contribution >= 0.6 is 0 Å². The Labute approximate surface area is 264 Å². The molecule has 45 heavy (non-hydrogen) atoms. The van der Waals surface area contributed by atoms with E-state index in [0.717, 1.165) is 0 Å². The second-order valence-electron chi connectivity index (χ2n) is 12.9. The van der Waals surface area contributed by atoms with Crippen molar-refractivity contribution in [3.8, 4) is 44.5 Å². The topological polar surface area (TPSA) is 0 Å². The Morgan fingerprint density at radius 2 is 0.867 bits per heavy atom. The summed E-state index contributed by atoms with van der Waals surface area (Å²) in [5.41, 5.74) is 13.1. The van der Waals surface area contributed by atoms with Crippen LogP contribution in [0.15, 0.2) is 158 Å². The van der Waals surface area contributed by atoms with Gasteiger partial charge in [-0.3, -0.25) is 0 Å². The van der Waals surface area contributed by atoms with Crippen molar-refractivity contribution in [1.82, 2.24) is 0 Å². The van der Waals surface area contributed by atoms with Crippen LogP contribution in [0.3, 0.4) is 0 Å². The highest BCUT2D eigenvalue weighted by Gasteiger charge is 2.38. The zero-order chi connectivity index (χ0) is 30.1. The van der Waals surface area contributed by atoms with Crippen molar-refractivity contribution >= 4 is 32.3 Å². The van der Waals surface area contributed by atoms with Crippen LogP contribution in [-0.4, -0.2) is 0 Å². The average Bonchev–Trinajstić information content (AvgIpc) is 3.34. The highest BCUT2D eigenvalue weighted by atomic mass is 14.4. The zero-order valence-corrected chi connectivity index (χ0v) is 25.5. The third-order valence-electron chi connectivity index (χ3n) is 10.0.